The van der Waals surface area contributed by atoms with Crippen molar-refractivity contribution in [3.05, 3.63) is 83.9 Å². The number of methoxy groups -OCH3 is 1. The van der Waals surface area contributed by atoms with Crippen molar-refractivity contribution in [3.63, 3.8) is 0 Å². The number of nitrogens with one attached hydrogen (secondary N) is 1. The van der Waals surface area contributed by atoms with Gasteiger partial charge in [-0.1, -0.05) is 12.1 Å². The topological polar surface area (TPSA) is 70.6 Å². The predicted octanol–water partition coefficient (Wildman–Crippen LogP) is 4.49. The second-order valence-corrected chi connectivity index (χ2v) is 8.49. The fourth-order valence-electron chi connectivity index (χ4n) is 4.30. The average molecular weight is 446 g/mol. The molecule has 1 aromatic carbocycles. The van der Waals surface area contributed by atoms with Gasteiger partial charge in [-0.15, -0.1) is 0 Å². The number of hydrogen-bond donors (Lipinski definition) is 1. The highest BCUT2D eigenvalue weighted by atomic mass is 16.5. The largest absolute Gasteiger partial charge is 0.495 e. The molecular formula is C26H31N5O2. The molecule has 2 amide bonds. The average Bonchev–Trinajstić information content (AvgIpc) is 2.84. The van der Waals surface area contributed by atoms with Crippen molar-refractivity contribution in [1.29, 1.82) is 0 Å². The molecule has 0 unspecified atom stereocenters. The van der Waals surface area contributed by atoms with Crippen LogP contribution in [0.4, 0.5) is 10.5 Å². The molecule has 0 radical (unpaired) electrons. The number of rotatable bonds is 7. The van der Waals surface area contributed by atoms with Gasteiger partial charge >= 0.3 is 6.03 Å². The highest BCUT2D eigenvalue weighted by molar-refractivity contribution is 5.91. The van der Waals surface area contributed by atoms with Crippen LogP contribution in [0.25, 0.3) is 0 Å². The van der Waals surface area contributed by atoms with Gasteiger partial charge in [-0.3, -0.25) is 14.9 Å². The van der Waals surface area contributed by atoms with E-state index in [-0.39, 0.29) is 12.1 Å². The number of ether oxygens (including phenoxy) is 1. The molecule has 3 heterocycles. The molecule has 7 nitrogen and oxygen atoms in total. The van der Waals surface area contributed by atoms with E-state index in [1.165, 1.54) is 5.56 Å². The zero-order valence-corrected chi connectivity index (χ0v) is 19.3. The lowest BCUT2D eigenvalue weighted by Gasteiger charge is -2.38. The van der Waals surface area contributed by atoms with Gasteiger partial charge in [0.05, 0.1) is 12.8 Å². The van der Waals surface area contributed by atoms with Crippen LogP contribution in [0.5, 0.6) is 5.75 Å². The maximum absolute atomic E-state index is 13.5. The third kappa shape index (κ3) is 6.08. The Kier molecular flexibility index (Phi) is 7.52. The Morgan fingerprint density at radius 3 is 2.58 bits per heavy atom. The summed E-state index contributed by atoms with van der Waals surface area (Å²) >= 11 is 0. The van der Waals surface area contributed by atoms with Gasteiger partial charge in [-0.2, -0.15) is 0 Å². The molecule has 1 saturated heterocycles. The molecule has 0 bridgehead atoms. The number of carbonyl (C=O) groups excluding carboxylic acids is 1. The summed E-state index contributed by atoms with van der Waals surface area (Å²) in [7, 11) is 1.62. The second-order valence-electron chi connectivity index (χ2n) is 8.49. The highest BCUT2D eigenvalue weighted by Gasteiger charge is 2.29. The number of carbonyl (C=O) groups is 1. The molecule has 4 rings (SSSR count). The molecule has 3 aromatic rings. The van der Waals surface area contributed by atoms with E-state index in [4.69, 9.17) is 4.74 Å². The third-order valence-electron chi connectivity index (χ3n) is 6.09. The van der Waals surface area contributed by atoms with E-state index in [1.54, 1.807) is 13.3 Å². The molecule has 1 N–H and O–H groups in total. The molecule has 0 saturated carbocycles. The van der Waals surface area contributed by atoms with Crippen molar-refractivity contribution in [1.82, 2.24) is 19.8 Å². The smallest absolute Gasteiger partial charge is 0.322 e. The number of hydrogen-bond acceptors (Lipinski definition) is 5. The highest BCUT2D eigenvalue weighted by Crippen LogP contribution is 2.27. The molecule has 7 heteroatoms. The molecule has 33 heavy (non-hydrogen) atoms. The first kappa shape index (κ1) is 22.7. The van der Waals surface area contributed by atoms with Crippen LogP contribution in [0.2, 0.25) is 0 Å². The van der Waals surface area contributed by atoms with Crippen molar-refractivity contribution in [2.75, 3.05) is 25.5 Å². The monoisotopic (exact) mass is 445 g/mol. The summed E-state index contributed by atoms with van der Waals surface area (Å²) in [6.45, 7) is 5.31. The first-order chi connectivity index (χ1) is 16.1. The van der Waals surface area contributed by atoms with Crippen LogP contribution in [0.1, 0.15) is 29.5 Å². The number of amides is 2. The van der Waals surface area contributed by atoms with Crippen LogP contribution >= 0.6 is 0 Å². The standard InChI is InChI=1S/C26H31N5O2/c1-20-5-6-25(33-2)24(16-20)29-26(32)31(19-22-4-3-11-28-17-22)23-9-14-30(15-10-23)18-21-7-12-27-13-8-21/h3-8,11-13,16-17,23H,9-10,14-15,18-19H2,1-2H3,(H,29,32). The number of piperidine rings is 1. The van der Waals surface area contributed by atoms with E-state index in [0.29, 0.717) is 18.0 Å². The van der Waals surface area contributed by atoms with Gasteiger partial charge in [-0.25, -0.2) is 4.79 Å². The normalized spacial score (nSPS) is 14.6. The SMILES string of the molecule is COc1ccc(C)cc1NC(=O)N(Cc1cccnc1)C1CCN(Cc2ccncc2)CC1. The van der Waals surface area contributed by atoms with E-state index >= 15 is 0 Å². The van der Waals surface area contributed by atoms with Gasteiger partial charge in [0.25, 0.3) is 0 Å². The van der Waals surface area contributed by atoms with Crippen molar-refractivity contribution in [3.8, 4) is 5.75 Å². The van der Waals surface area contributed by atoms with Crippen LogP contribution in [0.3, 0.4) is 0 Å². The number of urea groups is 1. The van der Waals surface area contributed by atoms with Crippen LogP contribution in [-0.4, -0.2) is 52.0 Å². The number of pyridine rings is 2. The van der Waals surface area contributed by atoms with E-state index in [9.17, 15) is 4.79 Å². The summed E-state index contributed by atoms with van der Waals surface area (Å²) in [6.07, 6.45) is 9.09. The first-order valence-corrected chi connectivity index (χ1v) is 11.3. The molecule has 0 aliphatic carbocycles. The van der Waals surface area contributed by atoms with Gasteiger partial charge in [0.15, 0.2) is 0 Å². The van der Waals surface area contributed by atoms with E-state index < -0.39 is 0 Å². The van der Waals surface area contributed by atoms with Gasteiger partial charge < -0.3 is 15.0 Å². The minimum absolute atomic E-state index is 0.115. The van der Waals surface area contributed by atoms with E-state index in [0.717, 1.165) is 43.6 Å². The van der Waals surface area contributed by atoms with Crippen molar-refractivity contribution >= 4 is 11.7 Å². The molecule has 1 fully saturated rings. The van der Waals surface area contributed by atoms with Crippen LogP contribution in [-0.2, 0) is 13.1 Å². The number of aryl methyl sites for hydroxylation is 1. The summed E-state index contributed by atoms with van der Waals surface area (Å²) in [5, 5.41) is 3.09. The summed E-state index contributed by atoms with van der Waals surface area (Å²) in [6, 6.07) is 13.9. The molecule has 172 valence electrons. The molecule has 0 spiro atoms. The summed E-state index contributed by atoms with van der Waals surface area (Å²) in [5.41, 5.74) is 4.03. The Bertz CT molecular complexity index is 1040. The Balaban J connectivity index is 1.47. The van der Waals surface area contributed by atoms with Crippen molar-refractivity contribution in [2.45, 2.75) is 38.9 Å². The minimum atomic E-state index is -0.115. The van der Waals surface area contributed by atoms with Crippen LogP contribution < -0.4 is 10.1 Å². The number of aromatic nitrogens is 2. The minimum Gasteiger partial charge on any atom is -0.495 e. The van der Waals surface area contributed by atoms with Crippen LogP contribution in [0.15, 0.2) is 67.3 Å². The molecular weight excluding hydrogens is 414 g/mol. The van der Waals surface area contributed by atoms with Gasteiger partial charge in [0, 0.05) is 57.0 Å². The van der Waals surface area contributed by atoms with Crippen molar-refractivity contribution in [2.24, 2.45) is 0 Å². The lowest BCUT2D eigenvalue weighted by molar-refractivity contribution is 0.119. The molecule has 0 atom stereocenters. The fourth-order valence-corrected chi connectivity index (χ4v) is 4.30. The van der Waals surface area contributed by atoms with Crippen molar-refractivity contribution < 1.29 is 9.53 Å². The Morgan fingerprint density at radius 1 is 1.09 bits per heavy atom. The molecule has 1 aliphatic heterocycles. The van der Waals surface area contributed by atoms with E-state index in [1.807, 2.05) is 60.7 Å². The zero-order chi connectivity index (χ0) is 23.0. The summed E-state index contributed by atoms with van der Waals surface area (Å²) < 4.78 is 5.46. The van der Waals surface area contributed by atoms with Crippen LogP contribution in [0, 0.1) is 6.92 Å². The summed E-state index contributed by atoms with van der Waals surface area (Å²) in [4.78, 5) is 26.2. The molecule has 1 aliphatic rings. The Labute approximate surface area is 195 Å². The third-order valence-corrected chi connectivity index (χ3v) is 6.09. The first-order valence-electron chi connectivity index (χ1n) is 11.3. The fraction of sp³-hybridized carbons (Fsp3) is 0.346. The summed E-state index contributed by atoms with van der Waals surface area (Å²) in [5.74, 6) is 0.655. The lowest BCUT2D eigenvalue weighted by atomic mass is 10.0. The second kappa shape index (κ2) is 10.9. The quantitative estimate of drug-likeness (QED) is 0.580. The molecule has 2 aromatic heterocycles. The Morgan fingerprint density at radius 2 is 1.88 bits per heavy atom. The van der Waals surface area contributed by atoms with Gasteiger partial charge in [-0.05, 0) is 66.8 Å². The maximum Gasteiger partial charge on any atom is 0.322 e. The van der Waals surface area contributed by atoms with E-state index in [2.05, 4.69) is 32.3 Å². The predicted molar refractivity (Wildman–Crippen MR) is 129 cm³/mol. The zero-order valence-electron chi connectivity index (χ0n) is 19.3. The number of nitrogens with zero attached hydrogens (tertiary/aromatic N) is 4. The van der Waals surface area contributed by atoms with Gasteiger partial charge in [0.2, 0.25) is 0 Å². The number of anilines is 1. The maximum atomic E-state index is 13.5. The number of benzene rings is 1. The lowest BCUT2D eigenvalue weighted by Crippen LogP contribution is -2.48. The Hall–Kier alpha value is -3.45. The number of likely N-dealkylation sites (tertiary alicyclic amines) is 1. The van der Waals surface area contributed by atoms with Gasteiger partial charge in [0.1, 0.15) is 5.75 Å².